The van der Waals surface area contributed by atoms with Gasteiger partial charge in [0.25, 0.3) is 0 Å². The molecule has 0 unspecified atom stereocenters. The molecule has 4 heterocycles. The van der Waals surface area contributed by atoms with Crippen molar-refractivity contribution in [2.45, 2.75) is 78.4 Å². The zero-order valence-corrected chi connectivity index (χ0v) is 22.5. The minimum atomic E-state index is -0.500. The van der Waals surface area contributed by atoms with Gasteiger partial charge in [-0.1, -0.05) is 19.8 Å². The lowest BCUT2D eigenvalue weighted by Gasteiger charge is -2.59. The van der Waals surface area contributed by atoms with E-state index in [0.717, 1.165) is 24.5 Å². The molecule has 0 spiro atoms. The molecule has 3 aromatic heterocycles. The third-order valence-corrected chi connectivity index (χ3v) is 8.43. The Balaban J connectivity index is 1.21. The molecule has 0 radical (unpaired) electrons. The standard InChI is InChI=1S/C30H34F2N6/c1-18(2)38-19(3)36-29-24(31)9-21(10-26(29)38)23-11-22(33-15-25(23)32)12-28-34-13-20(14-35-28)16-37-17-30(4)8-6-5-7-27(30)37/h9-11,13-15,18,27H,5-8,12,16-17H2,1-4H3/t27-,30-/m1/s1. The third kappa shape index (κ3) is 4.38. The van der Waals surface area contributed by atoms with Crippen LogP contribution in [0, 0.1) is 24.0 Å². The monoisotopic (exact) mass is 516 g/mol. The van der Waals surface area contributed by atoms with Crippen LogP contribution in [0.1, 0.15) is 75.4 Å². The summed E-state index contributed by atoms with van der Waals surface area (Å²) < 4.78 is 31.9. The van der Waals surface area contributed by atoms with E-state index in [1.165, 1.54) is 37.9 Å². The second-order valence-electron chi connectivity index (χ2n) is 11.6. The number of nitrogens with zero attached hydrogens (tertiary/aromatic N) is 6. The van der Waals surface area contributed by atoms with E-state index in [9.17, 15) is 4.39 Å². The van der Waals surface area contributed by atoms with Crippen LogP contribution in [-0.2, 0) is 13.0 Å². The highest BCUT2D eigenvalue weighted by Gasteiger charge is 2.49. The van der Waals surface area contributed by atoms with E-state index in [-0.39, 0.29) is 6.04 Å². The summed E-state index contributed by atoms with van der Waals surface area (Å²) in [5, 5.41) is 0. The number of benzene rings is 1. The Kier molecular flexibility index (Phi) is 6.25. The van der Waals surface area contributed by atoms with Gasteiger partial charge in [-0.2, -0.15) is 0 Å². The second-order valence-corrected chi connectivity index (χ2v) is 11.6. The fraction of sp³-hybridized carbons (Fsp3) is 0.467. The van der Waals surface area contributed by atoms with Crippen molar-refractivity contribution in [1.29, 1.82) is 0 Å². The Hall–Kier alpha value is -3.26. The first-order valence-electron chi connectivity index (χ1n) is 13.6. The molecular formula is C30H34F2N6. The highest BCUT2D eigenvalue weighted by Crippen LogP contribution is 2.48. The van der Waals surface area contributed by atoms with Gasteiger partial charge < -0.3 is 4.57 Å². The smallest absolute Gasteiger partial charge is 0.151 e. The third-order valence-electron chi connectivity index (χ3n) is 8.43. The number of imidazole rings is 1. The van der Waals surface area contributed by atoms with Crippen LogP contribution >= 0.6 is 0 Å². The topological polar surface area (TPSA) is 59.7 Å². The molecule has 1 aliphatic carbocycles. The number of hydrogen-bond donors (Lipinski definition) is 0. The second kappa shape index (κ2) is 9.49. The highest BCUT2D eigenvalue weighted by molar-refractivity contribution is 5.83. The zero-order chi connectivity index (χ0) is 26.6. The zero-order valence-electron chi connectivity index (χ0n) is 22.5. The van der Waals surface area contributed by atoms with Gasteiger partial charge >= 0.3 is 0 Å². The summed E-state index contributed by atoms with van der Waals surface area (Å²) in [6.45, 7) is 10.3. The molecule has 0 N–H and O–H groups in total. The lowest BCUT2D eigenvalue weighted by molar-refractivity contribution is -0.0950. The van der Waals surface area contributed by atoms with E-state index in [4.69, 9.17) is 0 Å². The minimum Gasteiger partial charge on any atom is -0.326 e. The van der Waals surface area contributed by atoms with Crippen molar-refractivity contribution >= 4 is 11.0 Å². The fourth-order valence-electron chi connectivity index (χ4n) is 6.64. The molecule has 2 atom stereocenters. The van der Waals surface area contributed by atoms with Crippen LogP contribution in [0.15, 0.2) is 36.8 Å². The van der Waals surface area contributed by atoms with Crippen LogP contribution in [0.25, 0.3) is 22.2 Å². The van der Waals surface area contributed by atoms with E-state index in [1.807, 2.05) is 37.7 Å². The molecule has 1 saturated heterocycles. The molecule has 6 rings (SSSR count). The molecule has 2 fully saturated rings. The molecule has 2 aliphatic rings. The Morgan fingerprint density at radius 1 is 1.03 bits per heavy atom. The fourth-order valence-corrected chi connectivity index (χ4v) is 6.64. The van der Waals surface area contributed by atoms with Crippen molar-refractivity contribution in [2.24, 2.45) is 5.41 Å². The number of likely N-dealkylation sites (tertiary alicyclic amines) is 1. The molecular weight excluding hydrogens is 482 g/mol. The van der Waals surface area contributed by atoms with Gasteiger partial charge in [-0.3, -0.25) is 9.88 Å². The van der Waals surface area contributed by atoms with Crippen LogP contribution in [0.3, 0.4) is 0 Å². The Morgan fingerprint density at radius 2 is 1.82 bits per heavy atom. The normalized spacial score (nSPS) is 21.6. The van der Waals surface area contributed by atoms with Crippen LogP contribution in [0.4, 0.5) is 8.78 Å². The van der Waals surface area contributed by atoms with Gasteiger partial charge in [0.05, 0.1) is 18.1 Å². The van der Waals surface area contributed by atoms with Crippen molar-refractivity contribution in [3.05, 3.63) is 71.3 Å². The van der Waals surface area contributed by atoms with Crippen molar-refractivity contribution < 1.29 is 8.78 Å². The van der Waals surface area contributed by atoms with E-state index in [2.05, 4.69) is 31.8 Å². The molecule has 198 valence electrons. The largest absolute Gasteiger partial charge is 0.326 e. The Morgan fingerprint density at radius 3 is 2.55 bits per heavy atom. The molecule has 0 bridgehead atoms. The maximum absolute atomic E-state index is 15.0. The summed E-state index contributed by atoms with van der Waals surface area (Å²) in [6.07, 6.45) is 10.6. The average Bonchev–Trinajstić information content (AvgIpc) is 3.22. The number of halogens is 2. The molecule has 1 saturated carbocycles. The number of fused-ring (bicyclic) bond motifs is 2. The van der Waals surface area contributed by atoms with Crippen LogP contribution in [-0.4, -0.2) is 42.0 Å². The summed E-state index contributed by atoms with van der Waals surface area (Å²) in [6, 6.07) is 5.59. The molecule has 38 heavy (non-hydrogen) atoms. The van der Waals surface area contributed by atoms with Crippen LogP contribution in [0.2, 0.25) is 0 Å². The van der Waals surface area contributed by atoms with Crippen LogP contribution < -0.4 is 0 Å². The summed E-state index contributed by atoms with van der Waals surface area (Å²) in [4.78, 5) is 20.4. The van der Waals surface area contributed by atoms with Crippen LogP contribution in [0.5, 0.6) is 0 Å². The van der Waals surface area contributed by atoms with Crippen molar-refractivity contribution in [2.75, 3.05) is 6.54 Å². The molecule has 4 aromatic rings. The molecule has 0 amide bonds. The lowest BCUT2D eigenvalue weighted by Crippen LogP contribution is -2.63. The summed E-state index contributed by atoms with van der Waals surface area (Å²) >= 11 is 0. The minimum absolute atomic E-state index is 0.0980. The first-order chi connectivity index (χ1) is 18.2. The van der Waals surface area contributed by atoms with Gasteiger partial charge in [-0.25, -0.2) is 23.7 Å². The van der Waals surface area contributed by atoms with E-state index in [0.29, 0.717) is 51.6 Å². The summed E-state index contributed by atoms with van der Waals surface area (Å²) in [5.74, 6) is 0.386. The number of aromatic nitrogens is 5. The number of hydrogen-bond acceptors (Lipinski definition) is 5. The molecule has 1 aromatic carbocycles. The first-order valence-corrected chi connectivity index (χ1v) is 13.6. The molecule has 1 aliphatic heterocycles. The van der Waals surface area contributed by atoms with Crippen molar-refractivity contribution in [3.8, 4) is 11.1 Å². The Labute approximate surface area is 222 Å². The van der Waals surface area contributed by atoms with E-state index < -0.39 is 11.6 Å². The average molecular weight is 517 g/mol. The quantitative estimate of drug-likeness (QED) is 0.296. The van der Waals surface area contributed by atoms with Gasteiger partial charge in [0.2, 0.25) is 0 Å². The number of rotatable bonds is 6. The van der Waals surface area contributed by atoms with Gasteiger partial charge in [-0.05, 0) is 62.8 Å². The predicted molar refractivity (Wildman–Crippen MR) is 144 cm³/mol. The summed E-state index contributed by atoms with van der Waals surface area (Å²) in [7, 11) is 0. The first kappa shape index (κ1) is 25.0. The van der Waals surface area contributed by atoms with Crippen molar-refractivity contribution in [1.82, 2.24) is 29.4 Å². The van der Waals surface area contributed by atoms with Gasteiger partial charge in [0.15, 0.2) is 5.82 Å². The number of pyridine rings is 1. The maximum atomic E-state index is 15.0. The SMILES string of the molecule is Cc1nc2c(F)cc(-c3cc(Cc4ncc(CN5C[C@@]6(C)CCCC[C@@H]56)cn4)ncc3F)cc2n1C(C)C. The van der Waals surface area contributed by atoms with E-state index >= 15 is 4.39 Å². The van der Waals surface area contributed by atoms with E-state index in [1.54, 1.807) is 12.1 Å². The van der Waals surface area contributed by atoms with Crippen molar-refractivity contribution in [3.63, 3.8) is 0 Å². The van der Waals surface area contributed by atoms with Gasteiger partial charge in [0, 0.05) is 54.4 Å². The molecule has 6 nitrogen and oxygen atoms in total. The Bertz CT molecular complexity index is 1500. The van der Waals surface area contributed by atoms with Gasteiger partial charge in [-0.15, -0.1) is 0 Å². The summed E-state index contributed by atoms with van der Waals surface area (Å²) in [5.41, 5.74) is 3.92. The molecule has 8 heteroatoms. The number of aryl methyl sites for hydroxylation is 1. The predicted octanol–water partition coefficient (Wildman–Crippen LogP) is 6.41. The lowest BCUT2D eigenvalue weighted by atomic mass is 9.64. The van der Waals surface area contributed by atoms with Gasteiger partial charge in [0.1, 0.15) is 23.0 Å². The maximum Gasteiger partial charge on any atom is 0.151 e. The highest BCUT2D eigenvalue weighted by atomic mass is 19.1.